The van der Waals surface area contributed by atoms with Crippen molar-refractivity contribution in [1.82, 2.24) is 0 Å². The Balaban J connectivity index is 1.70. The molecule has 2 aromatic carbocycles. The van der Waals surface area contributed by atoms with E-state index in [1.54, 1.807) is 42.5 Å². The summed E-state index contributed by atoms with van der Waals surface area (Å²) in [6.07, 6.45) is 0. The Morgan fingerprint density at radius 1 is 1.03 bits per heavy atom. The molecule has 29 heavy (non-hydrogen) atoms. The second-order valence-corrected chi connectivity index (χ2v) is 7.39. The SMILES string of the molecule is CC(=O)Nc1ccc(NC(=O)c2ccc(-c3ccc(OC(F)F)cc3)s2)c(Cl)c1. The van der Waals surface area contributed by atoms with Gasteiger partial charge in [-0.2, -0.15) is 8.78 Å². The lowest BCUT2D eigenvalue weighted by Gasteiger charge is -2.08. The molecule has 5 nitrogen and oxygen atoms in total. The summed E-state index contributed by atoms with van der Waals surface area (Å²) in [6, 6.07) is 14.4. The van der Waals surface area contributed by atoms with Gasteiger partial charge in [-0.05, 0) is 60.2 Å². The zero-order valence-electron chi connectivity index (χ0n) is 15.0. The van der Waals surface area contributed by atoms with Crippen molar-refractivity contribution in [3.8, 4) is 16.2 Å². The van der Waals surface area contributed by atoms with Gasteiger partial charge in [-0.25, -0.2) is 0 Å². The predicted octanol–water partition coefficient (Wildman–Crippen LogP) is 5.88. The number of hydrogen-bond acceptors (Lipinski definition) is 4. The van der Waals surface area contributed by atoms with Gasteiger partial charge in [0.15, 0.2) is 0 Å². The summed E-state index contributed by atoms with van der Waals surface area (Å²) in [6.45, 7) is -1.49. The standard InChI is InChI=1S/C20H15ClF2N2O3S/c1-11(26)24-13-4-7-16(15(21)10-13)25-19(27)18-9-8-17(29-18)12-2-5-14(6-3-12)28-20(22)23/h2-10,20H,1H3,(H,24,26)(H,25,27). The molecule has 0 spiro atoms. The maximum atomic E-state index is 12.5. The van der Waals surface area contributed by atoms with Gasteiger partial charge < -0.3 is 15.4 Å². The fourth-order valence-corrected chi connectivity index (χ4v) is 3.63. The molecule has 2 amide bonds. The zero-order valence-corrected chi connectivity index (χ0v) is 16.6. The molecule has 0 aliphatic rings. The van der Waals surface area contributed by atoms with Gasteiger partial charge in [0.05, 0.1) is 15.6 Å². The van der Waals surface area contributed by atoms with Crippen LogP contribution >= 0.6 is 22.9 Å². The first-order valence-corrected chi connectivity index (χ1v) is 9.55. The lowest BCUT2D eigenvalue weighted by atomic mass is 10.2. The van der Waals surface area contributed by atoms with Crippen LogP contribution in [0.3, 0.4) is 0 Å². The Kier molecular flexibility index (Phi) is 6.46. The second-order valence-electron chi connectivity index (χ2n) is 5.90. The van der Waals surface area contributed by atoms with Gasteiger partial charge in [0.25, 0.3) is 5.91 Å². The molecular weight excluding hydrogens is 422 g/mol. The van der Waals surface area contributed by atoms with Crippen LogP contribution in [0.1, 0.15) is 16.6 Å². The molecule has 0 fully saturated rings. The molecule has 0 atom stereocenters. The molecule has 2 N–H and O–H groups in total. The molecule has 0 aliphatic carbocycles. The fraction of sp³-hybridized carbons (Fsp3) is 0.100. The number of alkyl halides is 2. The van der Waals surface area contributed by atoms with E-state index in [4.69, 9.17) is 11.6 Å². The highest BCUT2D eigenvalue weighted by atomic mass is 35.5. The summed E-state index contributed by atoms with van der Waals surface area (Å²) >= 11 is 7.42. The van der Waals surface area contributed by atoms with Crippen molar-refractivity contribution in [2.45, 2.75) is 13.5 Å². The Bertz CT molecular complexity index is 1040. The van der Waals surface area contributed by atoms with E-state index >= 15 is 0 Å². The molecule has 9 heteroatoms. The average molecular weight is 437 g/mol. The summed E-state index contributed by atoms with van der Waals surface area (Å²) in [5.74, 6) is -0.499. The first kappa shape index (κ1) is 20.8. The van der Waals surface area contributed by atoms with E-state index < -0.39 is 6.61 Å². The van der Waals surface area contributed by atoms with Crippen molar-refractivity contribution in [3.63, 3.8) is 0 Å². The quantitative estimate of drug-likeness (QED) is 0.507. The highest BCUT2D eigenvalue weighted by Crippen LogP contribution is 2.31. The van der Waals surface area contributed by atoms with E-state index in [1.165, 1.54) is 30.4 Å². The number of halogens is 3. The van der Waals surface area contributed by atoms with Crippen LogP contribution in [0, 0.1) is 0 Å². The molecule has 3 aromatic rings. The summed E-state index contributed by atoms with van der Waals surface area (Å²) < 4.78 is 28.8. The Hall–Kier alpha value is -2.97. The molecule has 3 rings (SSSR count). The van der Waals surface area contributed by atoms with E-state index in [0.717, 1.165) is 10.4 Å². The third-order valence-corrected chi connectivity index (χ3v) is 5.18. The van der Waals surface area contributed by atoms with Crippen LogP contribution in [0.4, 0.5) is 20.2 Å². The summed E-state index contributed by atoms with van der Waals surface area (Å²) in [4.78, 5) is 24.9. The number of thiophene rings is 1. The first-order valence-electron chi connectivity index (χ1n) is 8.35. The van der Waals surface area contributed by atoms with Crippen molar-refractivity contribution in [1.29, 1.82) is 0 Å². The van der Waals surface area contributed by atoms with Crippen LogP contribution in [0.25, 0.3) is 10.4 Å². The van der Waals surface area contributed by atoms with Gasteiger partial charge in [-0.3, -0.25) is 9.59 Å². The van der Waals surface area contributed by atoms with Crippen molar-refractivity contribution in [2.75, 3.05) is 10.6 Å². The number of anilines is 2. The Morgan fingerprint density at radius 3 is 2.38 bits per heavy atom. The number of hydrogen-bond donors (Lipinski definition) is 2. The zero-order chi connectivity index (χ0) is 21.0. The number of rotatable bonds is 6. The highest BCUT2D eigenvalue weighted by Gasteiger charge is 2.13. The molecule has 0 saturated heterocycles. The number of carbonyl (C=O) groups is 2. The van der Waals surface area contributed by atoms with Crippen LogP contribution in [0.2, 0.25) is 5.02 Å². The topological polar surface area (TPSA) is 67.4 Å². The number of benzene rings is 2. The molecular formula is C20H15ClF2N2O3S. The Morgan fingerprint density at radius 2 is 1.76 bits per heavy atom. The average Bonchev–Trinajstić information content (AvgIpc) is 3.14. The minimum Gasteiger partial charge on any atom is -0.435 e. The third-order valence-electron chi connectivity index (χ3n) is 3.73. The fourth-order valence-electron chi connectivity index (χ4n) is 2.50. The minimum atomic E-state index is -2.88. The van der Waals surface area contributed by atoms with Gasteiger partial charge in [-0.1, -0.05) is 11.6 Å². The van der Waals surface area contributed by atoms with Crippen LogP contribution in [-0.2, 0) is 4.79 Å². The number of ether oxygens (including phenoxy) is 1. The maximum Gasteiger partial charge on any atom is 0.387 e. The van der Waals surface area contributed by atoms with Crippen LogP contribution in [-0.4, -0.2) is 18.4 Å². The molecule has 0 radical (unpaired) electrons. The Labute approximate surface area is 174 Å². The van der Waals surface area contributed by atoms with E-state index in [-0.39, 0.29) is 22.6 Å². The van der Waals surface area contributed by atoms with Crippen LogP contribution < -0.4 is 15.4 Å². The summed E-state index contributed by atoms with van der Waals surface area (Å²) in [7, 11) is 0. The molecule has 0 bridgehead atoms. The van der Waals surface area contributed by atoms with Crippen LogP contribution in [0.5, 0.6) is 5.75 Å². The van der Waals surface area contributed by atoms with E-state index in [0.29, 0.717) is 16.3 Å². The molecule has 0 saturated carbocycles. The van der Waals surface area contributed by atoms with Gasteiger partial charge in [0.1, 0.15) is 5.75 Å². The lowest BCUT2D eigenvalue weighted by Crippen LogP contribution is -2.11. The van der Waals surface area contributed by atoms with Crippen molar-refractivity contribution >= 4 is 46.1 Å². The number of carbonyl (C=O) groups excluding carboxylic acids is 2. The largest absolute Gasteiger partial charge is 0.435 e. The number of nitrogens with one attached hydrogen (secondary N) is 2. The second kappa shape index (κ2) is 9.02. The summed E-state index contributed by atoms with van der Waals surface area (Å²) in [5.41, 5.74) is 1.71. The van der Waals surface area contributed by atoms with Crippen LogP contribution in [0.15, 0.2) is 54.6 Å². The summed E-state index contributed by atoms with van der Waals surface area (Å²) in [5, 5.41) is 5.62. The molecule has 1 heterocycles. The van der Waals surface area contributed by atoms with E-state index in [1.807, 2.05) is 0 Å². The van der Waals surface area contributed by atoms with E-state index in [9.17, 15) is 18.4 Å². The maximum absolute atomic E-state index is 12.5. The lowest BCUT2D eigenvalue weighted by molar-refractivity contribution is -0.114. The predicted molar refractivity (Wildman–Crippen MR) is 110 cm³/mol. The molecule has 1 aromatic heterocycles. The normalized spacial score (nSPS) is 10.7. The smallest absolute Gasteiger partial charge is 0.387 e. The van der Waals surface area contributed by atoms with Crippen molar-refractivity contribution in [3.05, 3.63) is 64.5 Å². The van der Waals surface area contributed by atoms with Gasteiger partial charge in [-0.15, -0.1) is 11.3 Å². The third kappa shape index (κ3) is 5.52. The number of amides is 2. The minimum absolute atomic E-state index is 0.0654. The van der Waals surface area contributed by atoms with Crippen molar-refractivity contribution < 1.29 is 23.1 Å². The molecule has 0 aliphatic heterocycles. The highest BCUT2D eigenvalue weighted by molar-refractivity contribution is 7.17. The van der Waals surface area contributed by atoms with Gasteiger partial charge in [0.2, 0.25) is 5.91 Å². The van der Waals surface area contributed by atoms with Crippen molar-refractivity contribution in [2.24, 2.45) is 0 Å². The first-order chi connectivity index (χ1) is 13.8. The van der Waals surface area contributed by atoms with Gasteiger partial charge >= 0.3 is 6.61 Å². The molecule has 0 unspecified atom stereocenters. The molecule has 150 valence electrons. The monoisotopic (exact) mass is 436 g/mol. The van der Waals surface area contributed by atoms with E-state index in [2.05, 4.69) is 15.4 Å². The van der Waals surface area contributed by atoms with Gasteiger partial charge in [0, 0.05) is 17.5 Å².